The molecule has 4 aliphatic rings. The van der Waals surface area contributed by atoms with Gasteiger partial charge in [0.05, 0.1) is 40.9 Å². The number of ether oxygens (including phenoxy) is 2. The molecule has 8 rings (SSSR count). The standard InChI is InChI=1S/C40H46F2N6O5S/c1-7-29-32(23-9-8-11-43-34(23)21(3)52-6)25-16-39(4,5)19-53-38(51)35-33-26(40(33,41)42)17-48(46-35)37(50)27(45-36(49)24-13-20(24)2)15-31-44-28(18-54-31)22-10-12-47(29)30(25)14-22/h8-12,14,18,20-21,24,26-27,33,35,46H,7,13,15-17,19H2,1-6H3,(H,45,49). The number of halogens is 2. The molecule has 6 bridgehead atoms. The average molecular weight is 761 g/mol. The zero-order chi connectivity index (χ0) is 38.3. The second kappa shape index (κ2) is 13.5. The van der Waals surface area contributed by atoms with Crippen molar-refractivity contribution < 1.29 is 32.6 Å². The molecule has 7 atom stereocenters. The van der Waals surface area contributed by atoms with Crippen LogP contribution in [0.1, 0.15) is 69.1 Å². The predicted octanol–water partition coefficient (Wildman–Crippen LogP) is 5.80. The molecule has 2 saturated carbocycles. The van der Waals surface area contributed by atoms with E-state index in [1.165, 1.54) is 11.3 Å². The molecule has 54 heavy (non-hydrogen) atoms. The Morgan fingerprint density at radius 3 is 2.76 bits per heavy atom. The molecule has 2 amide bonds. The lowest BCUT2D eigenvalue weighted by Gasteiger charge is -2.34. The first-order valence-electron chi connectivity index (χ1n) is 18.7. The lowest BCUT2D eigenvalue weighted by Crippen LogP contribution is -2.61. The van der Waals surface area contributed by atoms with Gasteiger partial charge in [0.1, 0.15) is 12.1 Å². The number of fused-ring (bicyclic) bond motifs is 8. The molecule has 1 saturated heterocycles. The number of hydrazine groups is 1. The number of hydrogen-bond acceptors (Lipinski definition) is 9. The van der Waals surface area contributed by atoms with Crippen LogP contribution in [0.15, 0.2) is 42.0 Å². The summed E-state index contributed by atoms with van der Waals surface area (Å²) in [5, 5.41) is 6.53. The van der Waals surface area contributed by atoms with E-state index >= 15 is 8.78 Å². The number of hydrogen-bond donors (Lipinski definition) is 2. The minimum Gasteiger partial charge on any atom is -0.464 e. The topological polar surface area (TPSA) is 127 Å². The van der Waals surface area contributed by atoms with Gasteiger partial charge in [-0.05, 0) is 55.9 Å². The van der Waals surface area contributed by atoms with Crippen LogP contribution in [-0.2, 0) is 43.1 Å². The third kappa shape index (κ3) is 6.39. The Morgan fingerprint density at radius 2 is 2.04 bits per heavy atom. The first-order chi connectivity index (χ1) is 25.7. The third-order valence-corrected chi connectivity index (χ3v) is 12.6. The van der Waals surface area contributed by atoms with Crippen LogP contribution in [0.4, 0.5) is 8.78 Å². The summed E-state index contributed by atoms with van der Waals surface area (Å²) >= 11 is 1.37. The SMILES string of the molecule is CCc1c(-c2cccnc2C(C)OC)c2c3cc(ccn13)-c1csc(n1)CC(NC(=O)C1CC1C)C(=O)N1CC3C(C(N1)C(=O)OCC(C)(C)C2)C3(F)F. The maximum absolute atomic E-state index is 15.2. The number of aryl methyl sites for hydroxylation is 1. The number of cyclic esters (lactones) is 1. The Balaban J connectivity index is 1.26. The van der Waals surface area contributed by atoms with Gasteiger partial charge in [0.25, 0.3) is 11.8 Å². The van der Waals surface area contributed by atoms with Crippen LogP contribution in [-0.4, -0.2) is 75.4 Å². The molecule has 0 radical (unpaired) electrons. The molecule has 4 aromatic rings. The van der Waals surface area contributed by atoms with Crippen molar-refractivity contribution in [3.05, 3.63) is 64.0 Å². The molecular weight excluding hydrogens is 715 g/mol. The van der Waals surface area contributed by atoms with Gasteiger partial charge in [-0.2, -0.15) is 0 Å². The van der Waals surface area contributed by atoms with Crippen LogP contribution in [0.25, 0.3) is 27.9 Å². The van der Waals surface area contributed by atoms with E-state index in [0.29, 0.717) is 17.8 Å². The highest BCUT2D eigenvalue weighted by atomic mass is 32.1. The Kier molecular flexibility index (Phi) is 9.16. The zero-order valence-electron chi connectivity index (χ0n) is 31.3. The Bertz CT molecular complexity index is 2150. The zero-order valence-corrected chi connectivity index (χ0v) is 32.1. The summed E-state index contributed by atoms with van der Waals surface area (Å²) in [4.78, 5) is 50.8. The highest BCUT2D eigenvalue weighted by Gasteiger charge is 2.75. The van der Waals surface area contributed by atoms with E-state index in [1.54, 1.807) is 13.3 Å². The molecule has 2 aliphatic heterocycles. The fourth-order valence-corrected chi connectivity index (χ4v) is 9.22. The number of esters is 1. The van der Waals surface area contributed by atoms with Gasteiger partial charge in [0, 0.05) is 77.1 Å². The number of alkyl halides is 2. The summed E-state index contributed by atoms with van der Waals surface area (Å²) in [6.45, 7) is 9.68. The maximum Gasteiger partial charge on any atom is 0.325 e. The van der Waals surface area contributed by atoms with Crippen molar-refractivity contribution in [2.24, 2.45) is 29.1 Å². The van der Waals surface area contributed by atoms with Gasteiger partial charge in [-0.15, -0.1) is 11.3 Å². The number of amides is 2. The molecule has 7 unspecified atom stereocenters. The molecule has 0 spiro atoms. The van der Waals surface area contributed by atoms with Crippen LogP contribution in [0, 0.1) is 29.1 Å². The van der Waals surface area contributed by atoms with Crippen molar-refractivity contribution in [2.75, 3.05) is 20.3 Å². The maximum atomic E-state index is 15.2. The van der Waals surface area contributed by atoms with Crippen LogP contribution < -0.4 is 10.7 Å². The van der Waals surface area contributed by atoms with Crippen LogP contribution in [0.3, 0.4) is 0 Å². The number of nitrogens with one attached hydrogen (secondary N) is 2. The van der Waals surface area contributed by atoms with E-state index < -0.39 is 47.1 Å². The van der Waals surface area contributed by atoms with Crippen molar-refractivity contribution >= 4 is 34.6 Å². The van der Waals surface area contributed by atoms with Gasteiger partial charge in [0.2, 0.25) is 5.91 Å². The van der Waals surface area contributed by atoms with Crippen molar-refractivity contribution in [1.29, 1.82) is 0 Å². The number of aromatic nitrogens is 3. The summed E-state index contributed by atoms with van der Waals surface area (Å²) in [6.07, 6.45) is 5.50. The van der Waals surface area contributed by atoms with E-state index in [4.69, 9.17) is 19.4 Å². The molecule has 0 aromatic carbocycles. The van der Waals surface area contributed by atoms with E-state index in [9.17, 15) is 14.4 Å². The smallest absolute Gasteiger partial charge is 0.325 e. The van der Waals surface area contributed by atoms with E-state index in [1.807, 2.05) is 51.4 Å². The summed E-state index contributed by atoms with van der Waals surface area (Å²) < 4.78 is 44.3. The molecule has 14 heteroatoms. The number of methoxy groups -OCH3 is 1. The van der Waals surface area contributed by atoms with Crippen LogP contribution in [0.2, 0.25) is 0 Å². The van der Waals surface area contributed by atoms with Gasteiger partial charge < -0.3 is 19.2 Å². The van der Waals surface area contributed by atoms with Gasteiger partial charge in [-0.3, -0.25) is 24.4 Å². The number of thiazole rings is 1. The first-order valence-corrected chi connectivity index (χ1v) is 19.6. The van der Waals surface area contributed by atoms with Crippen LogP contribution >= 0.6 is 11.3 Å². The molecule has 11 nitrogen and oxygen atoms in total. The largest absolute Gasteiger partial charge is 0.464 e. The summed E-state index contributed by atoms with van der Waals surface area (Å²) in [5.74, 6) is -7.36. The predicted molar refractivity (Wildman–Crippen MR) is 198 cm³/mol. The number of carbonyl (C=O) groups excluding carboxylic acids is 3. The number of pyridine rings is 2. The fourth-order valence-electron chi connectivity index (χ4n) is 8.37. The monoisotopic (exact) mass is 760 g/mol. The average Bonchev–Trinajstić information content (AvgIpc) is 3.87. The second-order valence-electron chi connectivity index (χ2n) is 16.2. The highest BCUT2D eigenvalue weighted by Crippen LogP contribution is 2.59. The normalized spacial score (nSPS) is 27.8. The Morgan fingerprint density at radius 1 is 1.26 bits per heavy atom. The molecule has 6 heterocycles. The number of carbonyl (C=O) groups is 3. The van der Waals surface area contributed by atoms with Crippen molar-refractivity contribution in [2.45, 2.75) is 84.4 Å². The molecular formula is C40H46F2N6O5S. The third-order valence-electron chi connectivity index (χ3n) is 11.7. The van der Waals surface area contributed by atoms with Gasteiger partial charge >= 0.3 is 5.97 Å². The van der Waals surface area contributed by atoms with Gasteiger partial charge in [-0.1, -0.05) is 33.8 Å². The Hall–Kier alpha value is -4.27. The van der Waals surface area contributed by atoms with E-state index in [-0.39, 0.29) is 43.4 Å². The minimum absolute atomic E-state index is 0.0546. The number of nitrogens with zero attached hydrogens (tertiary/aromatic N) is 4. The molecule has 4 aromatic heterocycles. The fraction of sp³-hybridized carbons (Fsp3) is 0.525. The van der Waals surface area contributed by atoms with E-state index in [2.05, 4.69) is 34.2 Å². The van der Waals surface area contributed by atoms with Crippen molar-refractivity contribution in [1.82, 2.24) is 30.1 Å². The van der Waals surface area contributed by atoms with Gasteiger partial charge in [0.15, 0.2) is 0 Å². The molecule has 2 aliphatic carbocycles. The minimum atomic E-state index is -3.15. The van der Waals surface area contributed by atoms with Gasteiger partial charge in [-0.25, -0.2) is 19.2 Å². The lowest BCUT2D eigenvalue weighted by molar-refractivity contribution is -0.156. The summed E-state index contributed by atoms with van der Waals surface area (Å²) in [7, 11) is 1.66. The second-order valence-corrected chi connectivity index (χ2v) is 17.1. The summed E-state index contributed by atoms with van der Waals surface area (Å²) in [6, 6.07) is 5.60. The lowest BCUT2D eigenvalue weighted by atomic mass is 9.83. The molecule has 2 N–H and O–H groups in total. The quantitative estimate of drug-likeness (QED) is 0.236. The first kappa shape index (κ1) is 36.7. The number of rotatable bonds is 6. The van der Waals surface area contributed by atoms with E-state index in [0.717, 1.165) is 56.3 Å². The van der Waals surface area contributed by atoms with Crippen LogP contribution in [0.5, 0.6) is 0 Å². The Labute approximate surface area is 316 Å². The van der Waals surface area contributed by atoms with Crippen molar-refractivity contribution in [3.63, 3.8) is 0 Å². The molecule has 3 fully saturated rings. The van der Waals surface area contributed by atoms with Crippen molar-refractivity contribution in [3.8, 4) is 22.4 Å². The summed E-state index contributed by atoms with van der Waals surface area (Å²) in [5.41, 5.74) is 9.61. The highest BCUT2D eigenvalue weighted by molar-refractivity contribution is 7.10. The molecule has 286 valence electrons.